The van der Waals surface area contributed by atoms with E-state index in [0.717, 1.165) is 10.0 Å². The fraction of sp³-hybridized carbons (Fsp3) is 0.400. The molecule has 0 fully saturated rings. The molecule has 1 unspecified atom stereocenters. The van der Waals surface area contributed by atoms with Crippen LogP contribution in [-0.2, 0) is 4.74 Å². The lowest BCUT2D eigenvalue weighted by Gasteiger charge is -2.15. The Kier molecular flexibility index (Phi) is 4.89. The van der Waals surface area contributed by atoms with Crippen molar-refractivity contribution >= 4 is 27.5 Å². The number of hydrogen-bond donors (Lipinski definition) is 1. The van der Waals surface area contributed by atoms with Gasteiger partial charge in [0.2, 0.25) is 0 Å². The second-order valence-electron chi connectivity index (χ2n) is 2.85. The van der Waals surface area contributed by atoms with Gasteiger partial charge >= 0.3 is 0 Å². The van der Waals surface area contributed by atoms with Crippen LogP contribution in [-0.4, -0.2) is 13.2 Å². The summed E-state index contributed by atoms with van der Waals surface area (Å²) >= 11 is 9.31. The van der Waals surface area contributed by atoms with E-state index in [-0.39, 0.29) is 6.10 Å². The molecule has 2 N–H and O–H groups in total. The molecule has 0 aliphatic heterocycles. The highest BCUT2D eigenvalue weighted by molar-refractivity contribution is 9.10. The number of hydrogen-bond acceptors (Lipinski definition) is 2. The molecular formula is C10H13BrClNO. The number of rotatable bonds is 4. The molecule has 0 aliphatic rings. The summed E-state index contributed by atoms with van der Waals surface area (Å²) < 4.78 is 6.36. The highest BCUT2D eigenvalue weighted by Crippen LogP contribution is 2.26. The van der Waals surface area contributed by atoms with E-state index in [1.807, 2.05) is 25.1 Å². The summed E-state index contributed by atoms with van der Waals surface area (Å²) in [5, 5.41) is 0.681. The summed E-state index contributed by atoms with van der Waals surface area (Å²) in [5.74, 6) is 0. The van der Waals surface area contributed by atoms with Crippen molar-refractivity contribution in [3.8, 4) is 0 Å². The zero-order valence-corrected chi connectivity index (χ0v) is 10.3. The molecular weight excluding hydrogens is 265 g/mol. The van der Waals surface area contributed by atoms with Gasteiger partial charge in [-0.15, -0.1) is 0 Å². The van der Waals surface area contributed by atoms with Crippen LogP contribution in [0.2, 0.25) is 5.02 Å². The zero-order valence-electron chi connectivity index (χ0n) is 7.97. The Bertz CT molecular complexity index is 306. The Morgan fingerprint density at radius 2 is 2.29 bits per heavy atom. The molecule has 1 aromatic carbocycles. The number of benzene rings is 1. The van der Waals surface area contributed by atoms with Gasteiger partial charge in [0.25, 0.3) is 0 Å². The van der Waals surface area contributed by atoms with Crippen molar-refractivity contribution in [2.75, 3.05) is 13.2 Å². The van der Waals surface area contributed by atoms with Crippen LogP contribution in [0.5, 0.6) is 0 Å². The second-order valence-corrected chi connectivity index (χ2v) is 4.11. The number of ether oxygens (including phenoxy) is 1. The minimum Gasteiger partial charge on any atom is -0.372 e. The van der Waals surface area contributed by atoms with E-state index in [1.54, 1.807) is 0 Å². The smallest absolute Gasteiger partial charge is 0.0947 e. The summed E-state index contributed by atoms with van der Waals surface area (Å²) in [6.07, 6.45) is -0.0643. The number of halogens is 2. The SMILES string of the molecule is CCOC(CN)c1ccc(Br)c(Cl)c1. The van der Waals surface area contributed by atoms with Crippen LogP contribution in [0.1, 0.15) is 18.6 Å². The fourth-order valence-corrected chi connectivity index (χ4v) is 1.65. The van der Waals surface area contributed by atoms with Crippen molar-refractivity contribution in [3.63, 3.8) is 0 Å². The summed E-state index contributed by atoms with van der Waals surface area (Å²) in [4.78, 5) is 0. The minimum atomic E-state index is -0.0643. The first kappa shape index (κ1) is 12.0. The van der Waals surface area contributed by atoms with E-state index in [1.165, 1.54) is 0 Å². The van der Waals surface area contributed by atoms with Crippen LogP contribution >= 0.6 is 27.5 Å². The molecule has 1 atom stereocenters. The summed E-state index contributed by atoms with van der Waals surface area (Å²) in [6, 6.07) is 5.74. The summed E-state index contributed by atoms with van der Waals surface area (Å²) in [5.41, 5.74) is 6.62. The van der Waals surface area contributed by atoms with Crippen molar-refractivity contribution in [1.82, 2.24) is 0 Å². The average molecular weight is 279 g/mol. The standard InChI is InChI=1S/C10H13BrClNO/c1-2-14-10(6-13)7-3-4-8(11)9(12)5-7/h3-5,10H,2,6,13H2,1H3. The monoisotopic (exact) mass is 277 g/mol. The topological polar surface area (TPSA) is 35.2 Å². The minimum absolute atomic E-state index is 0.0643. The Labute approximate surface area is 97.5 Å². The highest BCUT2D eigenvalue weighted by atomic mass is 79.9. The van der Waals surface area contributed by atoms with Gasteiger partial charge in [0.15, 0.2) is 0 Å². The summed E-state index contributed by atoms with van der Waals surface area (Å²) in [6.45, 7) is 3.06. The molecule has 78 valence electrons. The highest BCUT2D eigenvalue weighted by Gasteiger charge is 2.10. The molecule has 1 aromatic rings. The molecule has 1 rings (SSSR count). The van der Waals surface area contributed by atoms with E-state index >= 15 is 0 Å². The van der Waals surface area contributed by atoms with Crippen molar-refractivity contribution in [2.45, 2.75) is 13.0 Å². The molecule has 14 heavy (non-hydrogen) atoms. The lowest BCUT2D eigenvalue weighted by molar-refractivity contribution is 0.0688. The predicted octanol–water partition coefficient (Wildman–Crippen LogP) is 3.14. The van der Waals surface area contributed by atoms with Gasteiger partial charge in [0.1, 0.15) is 0 Å². The molecule has 0 bridgehead atoms. The molecule has 4 heteroatoms. The Hall–Kier alpha value is -0.0900. The molecule has 0 spiro atoms. The first-order valence-corrected chi connectivity index (χ1v) is 5.62. The van der Waals surface area contributed by atoms with Gasteiger partial charge in [-0.3, -0.25) is 0 Å². The van der Waals surface area contributed by atoms with E-state index in [4.69, 9.17) is 22.1 Å². The lowest BCUT2D eigenvalue weighted by Crippen LogP contribution is -2.15. The van der Waals surface area contributed by atoms with Gasteiger partial charge in [0, 0.05) is 17.6 Å². The van der Waals surface area contributed by atoms with Crippen molar-refractivity contribution < 1.29 is 4.74 Å². The van der Waals surface area contributed by atoms with Crippen molar-refractivity contribution in [1.29, 1.82) is 0 Å². The first-order chi connectivity index (χ1) is 6.69. The molecule has 0 aliphatic carbocycles. The van der Waals surface area contributed by atoms with Crippen molar-refractivity contribution in [2.24, 2.45) is 5.73 Å². The molecule has 0 amide bonds. The maximum Gasteiger partial charge on any atom is 0.0947 e. The fourth-order valence-electron chi connectivity index (χ4n) is 1.21. The first-order valence-electron chi connectivity index (χ1n) is 4.45. The summed E-state index contributed by atoms with van der Waals surface area (Å²) in [7, 11) is 0. The molecule has 0 saturated heterocycles. The maximum absolute atomic E-state index is 5.97. The van der Waals surface area contributed by atoms with E-state index in [2.05, 4.69) is 15.9 Å². The molecule has 0 aromatic heterocycles. The normalized spacial score (nSPS) is 12.9. The average Bonchev–Trinajstić information content (AvgIpc) is 2.19. The Morgan fingerprint density at radius 3 is 2.79 bits per heavy atom. The van der Waals surface area contributed by atoms with Crippen LogP contribution in [0.4, 0.5) is 0 Å². The van der Waals surface area contributed by atoms with Crippen LogP contribution < -0.4 is 5.73 Å². The van der Waals surface area contributed by atoms with E-state index in [0.29, 0.717) is 18.2 Å². The molecule has 0 heterocycles. The lowest BCUT2D eigenvalue weighted by atomic mass is 10.1. The number of nitrogens with two attached hydrogens (primary N) is 1. The third-order valence-corrected chi connectivity index (χ3v) is 3.13. The Morgan fingerprint density at radius 1 is 1.57 bits per heavy atom. The van der Waals surface area contributed by atoms with Crippen molar-refractivity contribution in [3.05, 3.63) is 33.3 Å². The van der Waals surface area contributed by atoms with Crippen LogP contribution in [0.25, 0.3) is 0 Å². The van der Waals surface area contributed by atoms with Gasteiger partial charge in [-0.2, -0.15) is 0 Å². The second kappa shape index (κ2) is 5.71. The van der Waals surface area contributed by atoms with Gasteiger partial charge in [-0.05, 0) is 40.5 Å². The van der Waals surface area contributed by atoms with E-state index < -0.39 is 0 Å². The Balaban J connectivity index is 2.88. The molecule has 2 nitrogen and oxygen atoms in total. The quantitative estimate of drug-likeness (QED) is 0.918. The molecule has 0 radical (unpaired) electrons. The van der Waals surface area contributed by atoms with Gasteiger partial charge in [-0.25, -0.2) is 0 Å². The third kappa shape index (κ3) is 2.95. The van der Waals surface area contributed by atoms with E-state index in [9.17, 15) is 0 Å². The predicted molar refractivity (Wildman–Crippen MR) is 62.6 cm³/mol. The van der Waals surface area contributed by atoms with Crippen LogP contribution in [0.3, 0.4) is 0 Å². The molecule has 0 saturated carbocycles. The van der Waals surface area contributed by atoms with Crippen LogP contribution in [0, 0.1) is 0 Å². The maximum atomic E-state index is 5.97. The van der Waals surface area contributed by atoms with Crippen LogP contribution in [0.15, 0.2) is 22.7 Å². The van der Waals surface area contributed by atoms with Gasteiger partial charge in [-0.1, -0.05) is 17.7 Å². The largest absolute Gasteiger partial charge is 0.372 e. The third-order valence-electron chi connectivity index (χ3n) is 1.90. The van der Waals surface area contributed by atoms with Gasteiger partial charge in [0.05, 0.1) is 11.1 Å². The van der Waals surface area contributed by atoms with Gasteiger partial charge < -0.3 is 10.5 Å². The zero-order chi connectivity index (χ0) is 10.6.